The number of halogens is 2. The summed E-state index contributed by atoms with van der Waals surface area (Å²) in [5.74, 6) is -0.0867. The predicted octanol–water partition coefficient (Wildman–Crippen LogP) is 9.60. The Bertz CT molecular complexity index is 2760. The molecule has 10 nitrogen and oxygen atoms in total. The van der Waals surface area contributed by atoms with Crippen molar-refractivity contribution >= 4 is 45.7 Å². The zero-order valence-corrected chi connectivity index (χ0v) is 29.8. The lowest BCUT2D eigenvalue weighted by molar-refractivity contribution is -0.384. The molecule has 264 valence electrons. The molecule has 0 unspecified atom stereocenters. The van der Waals surface area contributed by atoms with Crippen LogP contribution in [-0.2, 0) is 13.0 Å². The number of H-pyrrole nitrogens is 1. The predicted molar refractivity (Wildman–Crippen MR) is 210 cm³/mol. The van der Waals surface area contributed by atoms with Gasteiger partial charge in [-0.3, -0.25) is 24.8 Å². The first-order valence-electron chi connectivity index (χ1n) is 16.9. The molecule has 0 spiro atoms. The minimum absolute atomic E-state index is 0.0894. The number of hydrogen-bond donors (Lipinski definition) is 1. The second-order valence-corrected chi connectivity index (χ2v) is 13.4. The summed E-state index contributed by atoms with van der Waals surface area (Å²) in [6.07, 6.45) is 1.08. The molecule has 0 amide bonds. The number of non-ortho nitro benzene ring substituents is 1. The van der Waals surface area contributed by atoms with Gasteiger partial charge in [0.25, 0.3) is 11.2 Å². The molecule has 54 heavy (non-hydrogen) atoms. The molecule has 12 heteroatoms. The van der Waals surface area contributed by atoms with Gasteiger partial charge in [0.15, 0.2) is 11.6 Å². The molecule has 3 heterocycles. The highest BCUT2D eigenvalue weighted by Crippen LogP contribution is 2.43. The number of benzene rings is 5. The number of ketones is 1. The normalized spacial score (nSPS) is 11.2. The van der Waals surface area contributed by atoms with Crippen molar-refractivity contribution in [2.75, 3.05) is 0 Å². The Morgan fingerprint density at radius 1 is 0.741 bits per heavy atom. The molecule has 0 aliphatic rings. The molecule has 0 bridgehead atoms. The number of nitrogens with zero attached hydrogens (tertiary/aromatic N) is 5. The lowest BCUT2D eigenvalue weighted by atomic mass is 9.98. The fourth-order valence-electron chi connectivity index (χ4n) is 6.82. The van der Waals surface area contributed by atoms with Gasteiger partial charge in [0.2, 0.25) is 0 Å². The van der Waals surface area contributed by atoms with Gasteiger partial charge < -0.3 is 4.57 Å². The van der Waals surface area contributed by atoms with E-state index in [9.17, 15) is 19.7 Å². The van der Waals surface area contributed by atoms with E-state index in [1.807, 2.05) is 91.0 Å². The fraction of sp³-hybridized carbons (Fsp3) is 0.0476. The largest absolute Gasteiger partial charge is 0.320 e. The zero-order chi connectivity index (χ0) is 37.3. The Kier molecular flexibility index (Phi) is 9.20. The van der Waals surface area contributed by atoms with Crippen molar-refractivity contribution in [1.29, 1.82) is 0 Å². The van der Waals surface area contributed by atoms with Crippen LogP contribution < -0.4 is 5.56 Å². The molecule has 8 rings (SSSR count). The molecule has 8 aromatic rings. The van der Waals surface area contributed by atoms with Crippen molar-refractivity contribution in [1.82, 2.24) is 24.3 Å². The van der Waals surface area contributed by atoms with E-state index in [1.165, 1.54) is 47.4 Å². The second kappa shape index (κ2) is 14.4. The number of nitro benzene ring substituents is 1. The van der Waals surface area contributed by atoms with Gasteiger partial charge in [-0.25, -0.2) is 14.6 Å². The van der Waals surface area contributed by atoms with Gasteiger partial charge >= 0.3 is 0 Å². The maximum atomic E-state index is 14.1. The third-order valence-electron chi connectivity index (χ3n) is 9.23. The minimum Gasteiger partial charge on any atom is -0.320 e. The van der Waals surface area contributed by atoms with Crippen molar-refractivity contribution in [2.24, 2.45) is 0 Å². The van der Waals surface area contributed by atoms with Gasteiger partial charge in [0.05, 0.1) is 37.3 Å². The summed E-state index contributed by atoms with van der Waals surface area (Å²) in [6, 6.07) is 40.3. The van der Waals surface area contributed by atoms with Crippen LogP contribution in [0, 0.1) is 10.1 Å². The smallest absolute Gasteiger partial charge is 0.270 e. The summed E-state index contributed by atoms with van der Waals surface area (Å²) >= 11 is 12.4. The van der Waals surface area contributed by atoms with Crippen LogP contribution in [0.25, 0.3) is 50.5 Å². The number of fused-ring (bicyclic) bond motifs is 1. The number of nitro groups is 1. The first kappa shape index (κ1) is 34.5. The number of nitrogens with one attached hydrogen (secondary N) is 1. The van der Waals surface area contributed by atoms with Gasteiger partial charge in [-0.1, -0.05) is 126 Å². The van der Waals surface area contributed by atoms with Gasteiger partial charge in [-0.05, 0) is 34.9 Å². The quantitative estimate of drug-likeness (QED) is 0.0842. The number of hydrogen-bond acceptors (Lipinski definition) is 6. The Balaban J connectivity index is 1.45. The van der Waals surface area contributed by atoms with Crippen molar-refractivity contribution in [3.8, 4) is 39.5 Å². The van der Waals surface area contributed by atoms with Gasteiger partial charge in [-0.15, -0.1) is 0 Å². The van der Waals surface area contributed by atoms with E-state index in [2.05, 4.69) is 9.67 Å². The summed E-state index contributed by atoms with van der Waals surface area (Å²) in [4.78, 5) is 49.0. The Morgan fingerprint density at radius 3 is 2.09 bits per heavy atom. The van der Waals surface area contributed by atoms with Crippen LogP contribution in [0.4, 0.5) is 5.69 Å². The van der Waals surface area contributed by atoms with Crippen LogP contribution in [0.1, 0.15) is 21.5 Å². The third-order valence-corrected chi connectivity index (χ3v) is 9.97. The first-order valence-corrected chi connectivity index (χ1v) is 17.6. The maximum Gasteiger partial charge on any atom is 0.270 e. The molecule has 5 aromatic carbocycles. The van der Waals surface area contributed by atoms with E-state index in [0.29, 0.717) is 29.0 Å². The minimum atomic E-state index is -0.565. The molecular weight excluding hydrogens is 723 g/mol. The Morgan fingerprint density at radius 2 is 1.41 bits per heavy atom. The number of aromatic nitrogens is 5. The molecular formula is C42H28Cl2N6O4. The molecule has 0 saturated carbocycles. The summed E-state index contributed by atoms with van der Waals surface area (Å²) in [7, 11) is 0. The van der Waals surface area contributed by atoms with Crippen LogP contribution in [0.2, 0.25) is 10.0 Å². The molecule has 3 aromatic heterocycles. The van der Waals surface area contributed by atoms with Gasteiger partial charge in [0, 0.05) is 41.8 Å². The highest BCUT2D eigenvalue weighted by Gasteiger charge is 2.29. The second-order valence-electron chi connectivity index (χ2n) is 12.6. The molecule has 0 aliphatic carbocycles. The highest BCUT2D eigenvalue weighted by molar-refractivity contribution is 6.42. The standard InChI is InChI=1S/C42H28Cl2N6O4/c43-33-20-19-29(22-34(33)44)35(51)23-32-38(30-17-10-18-31(21-30)50(53)54)49(47-42(32)52)41-37-36(27-13-6-2-7-14-27)39(28-15-8-3-9-16-28)48(40(37)45-25-46-41)24-26-11-4-1-5-12-26/h1-22,25H,23-24H2,(H,47,52). The van der Waals surface area contributed by atoms with E-state index in [0.717, 1.165) is 27.9 Å². The molecule has 0 aliphatic heterocycles. The fourth-order valence-corrected chi connectivity index (χ4v) is 7.12. The maximum absolute atomic E-state index is 14.1. The van der Waals surface area contributed by atoms with E-state index in [-0.39, 0.29) is 39.0 Å². The topological polar surface area (TPSA) is 129 Å². The zero-order valence-electron chi connectivity index (χ0n) is 28.3. The van der Waals surface area contributed by atoms with Crippen LogP contribution >= 0.6 is 23.2 Å². The summed E-state index contributed by atoms with van der Waals surface area (Å²) in [6.45, 7) is 0.466. The molecule has 1 N–H and O–H groups in total. The van der Waals surface area contributed by atoms with Crippen molar-refractivity contribution in [2.45, 2.75) is 13.0 Å². The van der Waals surface area contributed by atoms with E-state index < -0.39 is 16.3 Å². The number of aromatic amines is 1. The molecule has 0 radical (unpaired) electrons. The van der Waals surface area contributed by atoms with Crippen LogP contribution in [0.5, 0.6) is 0 Å². The number of rotatable bonds is 10. The Hall–Kier alpha value is -6.62. The van der Waals surface area contributed by atoms with Crippen LogP contribution in [0.3, 0.4) is 0 Å². The van der Waals surface area contributed by atoms with Crippen molar-refractivity contribution in [3.05, 3.63) is 187 Å². The lowest BCUT2D eigenvalue weighted by Gasteiger charge is -2.13. The average molecular weight is 752 g/mol. The summed E-state index contributed by atoms with van der Waals surface area (Å²) < 4.78 is 3.65. The molecule has 0 fully saturated rings. The third kappa shape index (κ3) is 6.38. The van der Waals surface area contributed by atoms with Crippen molar-refractivity contribution in [3.63, 3.8) is 0 Å². The van der Waals surface area contributed by atoms with E-state index >= 15 is 0 Å². The monoisotopic (exact) mass is 750 g/mol. The average Bonchev–Trinajstić information content (AvgIpc) is 3.70. The molecule has 0 saturated heterocycles. The van der Waals surface area contributed by atoms with Crippen LogP contribution in [0.15, 0.2) is 145 Å². The SMILES string of the molecule is O=C(Cc1c(-c2cccc([N+](=O)[O-])c2)n(-c2ncnc3c2c(-c2ccccc2)c(-c2ccccc2)n3Cc2ccccc2)[nH]c1=O)c1ccc(Cl)c(Cl)c1. The number of Topliss-reactive ketones (excluding diaryl/α,β-unsaturated/α-hetero) is 1. The lowest BCUT2D eigenvalue weighted by Crippen LogP contribution is -2.13. The first-order chi connectivity index (χ1) is 26.3. The summed E-state index contributed by atoms with van der Waals surface area (Å²) in [5, 5.41) is 16.0. The van der Waals surface area contributed by atoms with Gasteiger partial charge in [0.1, 0.15) is 12.0 Å². The van der Waals surface area contributed by atoms with E-state index in [1.54, 1.807) is 6.07 Å². The number of carbonyl (C=O) groups is 1. The molecule has 0 atom stereocenters. The summed E-state index contributed by atoms with van der Waals surface area (Å²) in [5.41, 5.74) is 5.31. The van der Waals surface area contributed by atoms with Crippen molar-refractivity contribution < 1.29 is 9.72 Å². The highest BCUT2D eigenvalue weighted by atomic mass is 35.5. The van der Waals surface area contributed by atoms with Crippen LogP contribution in [-0.4, -0.2) is 35.0 Å². The van der Waals surface area contributed by atoms with E-state index in [4.69, 9.17) is 33.2 Å². The number of carbonyl (C=O) groups excluding carboxylic acids is 1. The Labute approximate surface area is 318 Å². The van der Waals surface area contributed by atoms with Gasteiger partial charge in [-0.2, -0.15) is 0 Å².